The van der Waals surface area contributed by atoms with E-state index in [1.807, 2.05) is 0 Å². The standard InChI is InChI=1S/C18H21FN2O4/c1-23-15-8-14(9-16(24-2)18(15)25-3)20-11-17(22)21-10-12-4-6-13(19)7-5-12/h4-9,20H,10-11H2,1-3H3,(H,21,22). The first-order valence-corrected chi connectivity index (χ1v) is 7.62. The van der Waals surface area contributed by atoms with Crippen LogP contribution in [0.5, 0.6) is 17.2 Å². The molecule has 6 nitrogen and oxygen atoms in total. The molecule has 0 bridgehead atoms. The summed E-state index contributed by atoms with van der Waals surface area (Å²) in [6.45, 7) is 0.399. The Kier molecular flexibility index (Phi) is 6.45. The van der Waals surface area contributed by atoms with Crippen LogP contribution >= 0.6 is 0 Å². The Morgan fingerprint density at radius 2 is 1.60 bits per heavy atom. The molecule has 0 aliphatic rings. The Labute approximate surface area is 145 Å². The second-order valence-corrected chi connectivity index (χ2v) is 5.17. The molecule has 25 heavy (non-hydrogen) atoms. The smallest absolute Gasteiger partial charge is 0.239 e. The van der Waals surface area contributed by atoms with Crippen LogP contribution in [0.1, 0.15) is 5.56 Å². The third-order valence-electron chi connectivity index (χ3n) is 3.52. The molecule has 2 aromatic rings. The van der Waals surface area contributed by atoms with Gasteiger partial charge in [0.25, 0.3) is 0 Å². The molecule has 0 unspecified atom stereocenters. The van der Waals surface area contributed by atoms with Crippen molar-refractivity contribution in [1.29, 1.82) is 0 Å². The normalized spacial score (nSPS) is 10.1. The van der Waals surface area contributed by atoms with Crippen LogP contribution in [0.2, 0.25) is 0 Å². The highest BCUT2D eigenvalue weighted by atomic mass is 19.1. The zero-order valence-electron chi connectivity index (χ0n) is 14.4. The molecule has 2 N–H and O–H groups in total. The van der Waals surface area contributed by atoms with Gasteiger partial charge < -0.3 is 24.8 Å². The van der Waals surface area contributed by atoms with Gasteiger partial charge in [-0.25, -0.2) is 4.39 Å². The highest BCUT2D eigenvalue weighted by Gasteiger charge is 2.13. The van der Waals surface area contributed by atoms with Gasteiger partial charge in [0, 0.05) is 24.4 Å². The summed E-state index contributed by atoms with van der Waals surface area (Å²) in [7, 11) is 4.57. The van der Waals surface area contributed by atoms with Gasteiger partial charge in [0.15, 0.2) is 11.5 Å². The molecule has 0 aliphatic heterocycles. The molecule has 0 saturated carbocycles. The van der Waals surface area contributed by atoms with Crippen molar-refractivity contribution in [2.75, 3.05) is 33.2 Å². The van der Waals surface area contributed by atoms with E-state index in [1.54, 1.807) is 24.3 Å². The molecule has 1 amide bonds. The van der Waals surface area contributed by atoms with Crippen LogP contribution in [0, 0.1) is 5.82 Å². The maximum Gasteiger partial charge on any atom is 0.239 e. The molecular formula is C18H21FN2O4. The first-order valence-electron chi connectivity index (χ1n) is 7.62. The molecule has 134 valence electrons. The van der Waals surface area contributed by atoms with Crippen molar-refractivity contribution in [2.45, 2.75) is 6.54 Å². The Bertz CT molecular complexity index is 695. The molecule has 0 saturated heterocycles. The number of methoxy groups -OCH3 is 3. The summed E-state index contributed by atoms with van der Waals surface area (Å²) < 4.78 is 28.6. The number of ether oxygens (including phenoxy) is 3. The minimum absolute atomic E-state index is 0.0693. The van der Waals surface area contributed by atoms with Crippen LogP contribution in [0.4, 0.5) is 10.1 Å². The zero-order valence-corrected chi connectivity index (χ0v) is 14.4. The minimum atomic E-state index is -0.306. The molecule has 0 atom stereocenters. The van der Waals surface area contributed by atoms with Gasteiger partial charge in [-0.3, -0.25) is 4.79 Å². The van der Waals surface area contributed by atoms with Crippen molar-refractivity contribution in [3.63, 3.8) is 0 Å². The number of halogens is 1. The average molecular weight is 348 g/mol. The van der Waals surface area contributed by atoms with E-state index in [9.17, 15) is 9.18 Å². The van der Waals surface area contributed by atoms with E-state index >= 15 is 0 Å². The largest absolute Gasteiger partial charge is 0.493 e. The van der Waals surface area contributed by atoms with Gasteiger partial charge in [-0.15, -0.1) is 0 Å². The van der Waals surface area contributed by atoms with E-state index < -0.39 is 0 Å². The highest BCUT2D eigenvalue weighted by molar-refractivity contribution is 5.81. The fraction of sp³-hybridized carbons (Fsp3) is 0.278. The Balaban J connectivity index is 1.93. The molecule has 7 heteroatoms. The number of hydrogen-bond acceptors (Lipinski definition) is 5. The number of benzene rings is 2. The number of amides is 1. The summed E-state index contributed by atoms with van der Waals surface area (Å²) in [5.41, 5.74) is 1.48. The molecule has 0 radical (unpaired) electrons. The minimum Gasteiger partial charge on any atom is -0.493 e. The van der Waals surface area contributed by atoms with E-state index in [4.69, 9.17) is 14.2 Å². The van der Waals surface area contributed by atoms with Crippen LogP contribution in [0.15, 0.2) is 36.4 Å². The van der Waals surface area contributed by atoms with Crippen LogP contribution in [-0.4, -0.2) is 33.8 Å². The number of carbonyl (C=O) groups excluding carboxylic acids is 1. The summed E-state index contributed by atoms with van der Waals surface area (Å²) in [6.07, 6.45) is 0. The summed E-state index contributed by atoms with van der Waals surface area (Å²) >= 11 is 0. The Morgan fingerprint density at radius 1 is 1.00 bits per heavy atom. The highest BCUT2D eigenvalue weighted by Crippen LogP contribution is 2.39. The Hall–Kier alpha value is -2.96. The second kappa shape index (κ2) is 8.77. The van der Waals surface area contributed by atoms with Crippen molar-refractivity contribution < 1.29 is 23.4 Å². The monoisotopic (exact) mass is 348 g/mol. The van der Waals surface area contributed by atoms with E-state index in [0.717, 1.165) is 5.56 Å². The lowest BCUT2D eigenvalue weighted by atomic mass is 10.2. The summed E-state index contributed by atoms with van der Waals surface area (Å²) in [5.74, 6) is 0.973. The molecule has 0 spiro atoms. The van der Waals surface area contributed by atoms with Gasteiger partial charge in [-0.1, -0.05) is 12.1 Å². The number of anilines is 1. The maximum absolute atomic E-state index is 12.8. The molecule has 0 aliphatic carbocycles. The number of carbonyl (C=O) groups is 1. The molecule has 2 aromatic carbocycles. The predicted molar refractivity (Wildman–Crippen MR) is 92.8 cm³/mol. The predicted octanol–water partition coefficient (Wildman–Crippen LogP) is 2.58. The number of rotatable bonds is 8. The first-order chi connectivity index (χ1) is 12.1. The molecule has 0 aromatic heterocycles. The van der Waals surface area contributed by atoms with Crippen LogP contribution < -0.4 is 24.8 Å². The number of hydrogen-bond donors (Lipinski definition) is 2. The average Bonchev–Trinajstić information content (AvgIpc) is 2.64. The lowest BCUT2D eigenvalue weighted by molar-refractivity contribution is -0.119. The second-order valence-electron chi connectivity index (χ2n) is 5.17. The van der Waals surface area contributed by atoms with E-state index in [2.05, 4.69) is 10.6 Å². The summed E-state index contributed by atoms with van der Waals surface area (Å²) in [6, 6.07) is 9.40. The van der Waals surface area contributed by atoms with E-state index in [-0.39, 0.29) is 18.3 Å². The van der Waals surface area contributed by atoms with Crippen molar-refractivity contribution in [1.82, 2.24) is 5.32 Å². The molecular weight excluding hydrogens is 327 g/mol. The van der Waals surface area contributed by atoms with Crippen molar-refractivity contribution in [2.24, 2.45) is 0 Å². The third kappa shape index (κ3) is 5.00. The van der Waals surface area contributed by atoms with Gasteiger partial charge in [0.1, 0.15) is 5.82 Å². The molecule has 0 fully saturated rings. The zero-order chi connectivity index (χ0) is 18.2. The van der Waals surface area contributed by atoms with Crippen molar-refractivity contribution >= 4 is 11.6 Å². The van der Waals surface area contributed by atoms with Crippen LogP contribution in [-0.2, 0) is 11.3 Å². The summed E-state index contributed by atoms with van der Waals surface area (Å²) in [4.78, 5) is 12.0. The summed E-state index contributed by atoms with van der Waals surface area (Å²) in [5, 5.41) is 5.76. The van der Waals surface area contributed by atoms with Crippen LogP contribution in [0.25, 0.3) is 0 Å². The van der Waals surface area contributed by atoms with Crippen LogP contribution in [0.3, 0.4) is 0 Å². The Morgan fingerprint density at radius 3 is 2.12 bits per heavy atom. The van der Waals surface area contributed by atoms with E-state index in [1.165, 1.54) is 33.5 Å². The first kappa shape index (κ1) is 18.4. The lowest BCUT2D eigenvalue weighted by Crippen LogP contribution is -2.29. The fourth-order valence-corrected chi connectivity index (χ4v) is 2.23. The van der Waals surface area contributed by atoms with Gasteiger partial charge >= 0.3 is 0 Å². The fourth-order valence-electron chi connectivity index (χ4n) is 2.23. The topological polar surface area (TPSA) is 68.8 Å². The molecule has 2 rings (SSSR count). The maximum atomic E-state index is 12.8. The van der Waals surface area contributed by atoms with Gasteiger partial charge in [-0.05, 0) is 17.7 Å². The van der Waals surface area contributed by atoms with Gasteiger partial charge in [0.2, 0.25) is 11.7 Å². The van der Waals surface area contributed by atoms with Crippen molar-refractivity contribution in [3.05, 3.63) is 47.8 Å². The lowest BCUT2D eigenvalue weighted by Gasteiger charge is -2.15. The van der Waals surface area contributed by atoms with E-state index in [0.29, 0.717) is 29.5 Å². The third-order valence-corrected chi connectivity index (χ3v) is 3.52. The number of nitrogens with one attached hydrogen (secondary N) is 2. The SMILES string of the molecule is COc1cc(NCC(=O)NCc2ccc(F)cc2)cc(OC)c1OC. The quantitative estimate of drug-likeness (QED) is 0.767. The van der Waals surface area contributed by atoms with Gasteiger partial charge in [-0.2, -0.15) is 0 Å². The van der Waals surface area contributed by atoms with Crippen molar-refractivity contribution in [3.8, 4) is 17.2 Å². The molecule has 0 heterocycles. The van der Waals surface area contributed by atoms with Gasteiger partial charge in [0.05, 0.1) is 27.9 Å².